The minimum absolute atomic E-state index is 0.158. The van der Waals surface area contributed by atoms with Crippen LogP contribution in [0.3, 0.4) is 0 Å². The van der Waals surface area contributed by atoms with Gasteiger partial charge in [-0.25, -0.2) is 8.42 Å². The first-order chi connectivity index (χ1) is 9.77. The van der Waals surface area contributed by atoms with Crippen molar-refractivity contribution in [3.63, 3.8) is 0 Å². The molecule has 0 radical (unpaired) electrons. The minimum atomic E-state index is -3.66. The highest BCUT2D eigenvalue weighted by atomic mass is 32.2. The zero-order valence-corrected chi connectivity index (χ0v) is 13.5. The van der Waals surface area contributed by atoms with E-state index in [2.05, 4.69) is 0 Å². The van der Waals surface area contributed by atoms with E-state index in [4.69, 9.17) is 10.2 Å². The fourth-order valence-electron chi connectivity index (χ4n) is 2.32. The Morgan fingerprint density at radius 3 is 2.38 bits per heavy atom. The molecule has 6 heteroatoms. The molecule has 0 atom stereocenters. The fourth-order valence-corrected chi connectivity index (χ4v) is 3.76. The molecule has 1 heterocycles. The highest BCUT2D eigenvalue weighted by molar-refractivity contribution is 7.92. The molecule has 0 aliphatic rings. The van der Waals surface area contributed by atoms with Gasteiger partial charge in [-0.05, 0) is 32.4 Å². The Labute approximate surface area is 125 Å². The highest BCUT2D eigenvalue weighted by Gasteiger charge is 2.27. The summed E-state index contributed by atoms with van der Waals surface area (Å²) >= 11 is 0. The molecular formula is C15H20N2O3S. The van der Waals surface area contributed by atoms with E-state index in [1.807, 2.05) is 32.0 Å². The predicted molar refractivity (Wildman–Crippen MR) is 82.8 cm³/mol. The van der Waals surface area contributed by atoms with Gasteiger partial charge in [0.05, 0.1) is 12.2 Å². The summed E-state index contributed by atoms with van der Waals surface area (Å²) in [5, 5.41) is 0. The number of nitrogens with two attached hydrogens (primary N) is 1. The molecule has 0 bridgehead atoms. The van der Waals surface area contributed by atoms with E-state index < -0.39 is 10.0 Å². The molecule has 0 amide bonds. The van der Waals surface area contributed by atoms with Gasteiger partial charge in [0.25, 0.3) is 10.0 Å². The van der Waals surface area contributed by atoms with Gasteiger partial charge in [-0.15, -0.1) is 0 Å². The van der Waals surface area contributed by atoms with Crippen molar-refractivity contribution in [1.29, 1.82) is 0 Å². The van der Waals surface area contributed by atoms with Crippen molar-refractivity contribution in [3.8, 4) is 0 Å². The molecule has 21 heavy (non-hydrogen) atoms. The van der Waals surface area contributed by atoms with Crippen LogP contribution in [0.4, 0.5) is 5.69 Å². The first-order valence-corrected chi connectivity index (χ1v) is 8.07. The zero-order valence-electron chi connectivity index (χ0n) is 12.7. The summed E-state index contributed by atoms with van der Waals surface area (Å²) in [6.07, 6.45) is 0. The molecule has 0 unspecified atom stereocenters. The molecule has 0 aliphatic carbocycles. The number of rotatable bonds is 4. The van der Waals surface area contributed by atoms with Crippen molar-refractivity contribution in [1.82, 2.24) is 0 Å². The molecule has 0 aliphatic heterocycles. The first-order valence-electron chi connectivity index (χ1n) is 6.63. The molecule has 2 N–H and O–H groups in total. The molecule has 0 fully saturated rings. The standard InChI is InChI=1S/C15H20N2O3S/c1-10-5-6-14(11(2)7-10)17(4)21(18,19)15-8-13(9-16)20-12(15)3/h5-8H,9,16H2,1-4H3. The summed E-state index contributed by atoms with van der Waals surface area (Å²) in [5.41, 5.74) is 8.14. The Kier molecular flexibility index (Phi) is 4.11. The third-order valence-electron chi connectivity index (χ3n) is 3.45. The molecule has 0 saturated heterocycles. The van der Waals surface area contributed by atoms with Gasteiger partial charge in [0, 0.05) is 13.1 Å². The summed E-state index contributed by atoms with van der Waals surface area (Å²) in [6.45, 7) is 5.66. The molecule has 1 aromatic carbocycles. The van der Waals surface area contributed by atoms with E-state index >= 15 is 0 Å². The van der Waals surface area contributed by atoms with Crippen LogP contribution in [0.25, 0.3) is 0 Å². The second-order valence-electron chi connectivity index (χ2n) is 5.10. The van der Waals surface area contributed by atoms with Crippen molar-refractivity contribution in [2.75, 3.05) is 11.4 Å². The molecule has 0 spiro atoms. The molecule has 114 valence electrons. The molecular weight excluding hydrogens is 288 g/mol. The van der Waals surface area contributed by atoms with Gasteiger partial charge in [0.2, 0.25) is 0 Å². The maximum absolute atomic E-state index is 12.7. The number of hydrogen-bond acceptors (Lipinski definition) is 4. The van der Waals surface area contributed by atoms with Gasteiger partial charge in [-0.2, -0.15) is 0 Å². The number of aryl methyl sites for hydroxylation is 3. The smallest absolute Gasteiger partial charge is 0.267 e. The lowest BCUT2D eigenvalue weighted by molar-refractivity contribution is 0.479. The Balaban J connectivity index is 2.49. The van der Waals surface area contributed by atoms with E-state index in [0.717, 1.165) is 11.1 Å². The number of furan rings is 1. The maximum atomic E-state index is 12.7. The second-order valence-corrected chi connectivity index (χ2v) is 7.04. The fraction of sp³-hybridized carbons (Fsp3) is 0.333. The van der Waals surface area contributed by atoms with Crippen molar-refractivity contribution < 1.29 is 12.8 Å². The van der Waals surface area contributed by atoms with Crippen LogP contribution in [0.2, 0.25) is 0 Å². The number of benzene rings is 1. The van der Waals surface area contributed by atoms with Crippen LogP contribution in [-0.2, 0) is 16.6 Å². The summed E-state index contributed by atoms with van der Waals surface area (Å²) in [7, 11) is -2.12. The zero-order chi connectivity index (χ0) is 15.8. The SMILES string of the molecule is Cc1ccc(N(C)S(=O)(=O)c2cc(CN)oc2C)c(C)c1. The average molecular weight is 308 g/mol. The average Bonchev–Trinajstić information content (AvgIpc) is 2.80. The topological polar surface area (TPSA) is 76.5 Å². The predicted octanol–water partition coefficient (Wildman–Crippen LogP) is 2.49. The molecule has 5 nitrogen and oxygen atoms in total. The van der Waals surface area contributed by atoms with Gasteiger partial charge in [0.15, 0.2) is 0 Å². The van der Waals surface area contributed by atoms with Gasteiger partial charge < -0.3 is 10.2 Å². The third kappa shape index (κ3) is 2.82. The van der Waals surface area contributed by atoms with Crippen LogP contribution in [-0.4, -0.2) is 15.5 Å². The Morgan fingerprint density at radius 2 is 1.86 bits per heavy atom. The van der Waals surface area contributed by atoms with Crippen molar-refractivity contribution in [2.45, 2.75) is 32.2 Å². The van der Waals surface area contributed by atoms with Crippen LogP contribution in [0, 0.1) is 20.8 Å². The van der Waals surface area contributed by atoms with E-state index in [9.17, 15) is 8.42 Å². The summed E-state index contributed by atoms with van der Waals surface area (Å²) in [4.78, 5) is 0.158. The van der Waals surface area contributed by atoms with Crippen LogP contribution < -0.4 is 10.0 Å². The van der Waals surface area contributed by atoms with Crippen LogP contribution in [0.5, 0.6) is 0 Å². The van der Waals surface area contributed by atoms with Crippen molar-refractivity contribution in [3.05, 3.63) is 46.9 Å². The Hall–Kier alpha value is -1.79. The number of nitrogens with zero attached hydrogens (tertiary/aromatic N) is 1. The van der Waals surface area contributed by atoms with Crippen molar-refractivity contribution >= 4 is 15.7 Å². The number of anilines is 1. The monoisotopic (exact) mass is 308 g/mol. The lowest BCUT2D eigenvalue weighted by Gasteiger charge is -2.21. The Morgan fingerprint density at radius 1 is 1.19 bits per heavy atom. The lowest BCUT2D eigenvalue weighted by Crippen LogP contribution is -2.27. The largest absolute Gasteiger partial charge is 0.464 e. The third-order valence-corrected chi connectivity index (χ3v) is 5.33. The quantitative estimate of drug-likeness (QED) is 0.941. The summed E-state index contributed by atoms with van der Waals surface area (Å²) in [5.74, 6) is 0.812. The normalized spacial score (nSPS) is 11.7. The second kappa shape index (κ2) is 5.54. The van der Waals surface area contributed by atoms with Gasteiger partial charge >= 0.3 is 0 Å². The Bertz CT molecular complexity index is 763. The minimum Gasteiger partial charge on any atom is -0.464 e. The van der Waals surface area contributed by atoms with Crippen LogP contribution >= 0.6 is 0 Å². The van der Waals surface area contributed by atoms with Gasteiger partial charge in [0.1, 0.15) is 16.4 Å². The first kappa shape index (κ1) is 15.6. The van der Waals surface area contributed by atoms with Crippen molar-refractivity contribution in [2.24, 2.45) is 5.73 Å². The maximum Gasteiger partial charge on any atom is 0.267 e. The van der Waals surface area contributed by atoms with E-state index in [-0.39, 0.29) is 11.4 Å². The number of sulfonamides is 1. The number of hydrogen-bond donors (Lipinski definition) is 1. The van der Waals surface area contributed by atoms with Crippen LogP contribution in [0.15, 0.2) is 33.6 Å². The van der Waals surface area contributed by atoms with Gasteiger partial charge in [-0.1, -0.05) is 17.7 Å². The van der Waals surface area contributed by atoms with Crippen LogP contribution in [0.1, 0.15) is 22.6 Å². The van der Waals surface area contributed by atoms with E-state index in [0.29, 0.717) is 17.2 Å². The lowest BCUT2D eigenvalue weighted by atomic mass is 10.1. The van der Waals surface area contributed by atoms with Gasteiger partial charge in [-0.3, -0.25) is 4.31 Å². The van der Waals surface area contributed by atoms with E-state index in [1.165, 1.54) is 10.4 Å². The molecule has 2 rings (SSSR count). The highest BCUT2D eigenvalue weighted by Crippen LogP contribution is 2.29. The van der Waals surface area contributed by atoms with E-state index in [1.54, 1.807) is 14.0 Å². The molecule has 2 aromatic rings. The summed E-state index contributed by atoms with van der Waals surface area (Å²) in [6, 6.07) is 7.14. The molecule has 0 saturated carbocycles. The summed E-state index contributed by atoms with van der Waals surface area (Å²) < 4.78 is 32.1. The molecule has 1 aromatic heterocycles.